The molecule has 1 aromatic carbocycles. The highest BCUT2D eigenvalue weighted by Gasteiger charge is 2.43. The maximum atomic E-state index is 13.5. The normalized spacial score (nSPS) is 29.4. The fourth-order valence-electron chi connectivity index (χ4n) is 3.19. The van der Waals surface area contributed by atoms with Crippen LogP contribution in [0.4, 0.5) is 14.9 Å². The van der Waals surface area contributed by atoms with Crippen LogP contribution in [0.5, 0.6) is 0 Å². The second kappa shape index (κ2) is 4.81. The van der Waals surface area contributed by atoms with Crippen molar-refractivity contribution in [2.45, 2.75) is 13.0 Å². The third kappa shape index (κ3) is 2.18. The van der Waals surface area contributed by atoms with Crippen molar-refractivity contribution in [3.05, 3.63) is 30.1 Å². The van der Waals surface area contributed by atoms with E-state index in [2.05, 4.69) is 17.6 Å². The molecule has 3 rings (SSSR count). The first-order valence-electron chi connectivity index (χ1n) is 6.69. The molecule has 2 aliphatic heterocycles. The van der Waals surface area contributed by atoms with E-state index in [4.69, 9.17) is 0 Å². The minimum atomic E-state index is -0.399. The van der Waals surface area contributed by atoms with Gasteiger partial charge in [0.1, 0.15) is 5.82 Å². The van der Waals surface area contributed by atoms with Gasteiger partial charge in [-0.2, -0.15) is 0 Å². The Morgan fingerprint density at radius 3 is 2.95 bits per heavy atom. The summed E-state index contributed by atoms with van der Waals surface area (Å²) in [5.41, 5.74) is 0.245. The maximum Gasteiger partial charge on any atom is 0.322 e. The number of nitrogens with one attached hydrogen (secondary N) is 2. The fraction of sp³-hybridized carbons (Fsp3) is 0.500. The van der Waals surface area contributed by atoms with Gasteiger partial charge in [0.25, 0.3) is 0 Å². The molecular formula is C14H18FN3O. The molecule has 2 N–H and O–H groups in total. The van der Waals surface area contributed by atoms with Crippen LogP contribution in [0.15, 0.2) is 24.3 Å². The van der Waals surface area contributed by atoms with E-state index in [9.17, 15) is 9.18 Å². The molecule has 0 spiro atoms. The zero-order chi connectivity index (χ0) is 13.4. The van der Waals surface area contributed by atoms with Gasteiger partial charge in [-0.3, -0.25) is 0 Å². The Kier molecular flexibility index (Phi) is 3.14. The zero-order valence-corrected chi connectivity index (χ0v) is 10.9. The number of fused-ring (bicyclic) bond motifs is 1. The molecule has 0 aromatic heterocycles. The van der Waals surface area contributed by atoms with Crippen LogP contribution in [-0.2, 0) is 0 Å². The van der Waals surface area contributed by atoms with Crippen molar-refractivity contribution in [2.75, 3.05) is 25.0 Å². The molecule has 5 heteroatoms. The lowest BCUT2D eigenvalue weighted by Gasteiger charge is -2.24. The van der Waals surface area contributed by atoms with Gasteiger partial charge in [0.2, 0.25) is 0 Å². The number of rotatable bonds is 1. The van der Waals surface area contributed by atoms with Gasteiger partial charge in [-0.1, -0.05) is 12.1 Å². The van der Waals surface area contributed by atoms with Gasteiger partial charge in [0.15, 0.2) is 0 Å². The van der Waals surface area contributed by atoms with Crippen LogP contribution in [0.25, 0.3) is 0 Å². The second-order valence-electron chi connectivity index (χ2n) is 5.39. The van der Waals surface area contributed by atoms with E-state index in [-0.39, 0.29) is 17.8 Å². The number of amides is 2. The third-order valence-corrected chi connectivity index (χ3v) is 4.31. The summed E-state index contributed by atoms with van der Waals surface area (Å²) < 4.78 is 13.5. The molecule has 102 valence electrons. The van der Waals surface area contributed by atoms with Crippen LogP contribution in [0.2, 0.25) is 0 Å². The van der Waals surface area contributed by atoms with Gasteiger partial charge in [-0.05, 0) is 30.9 Å². The number of halogens is 1. The first-order chi connectivity index (χ1) is 9.16. The highest BCUT2D eigenvalue weighted by molar-refractivity contribution is 5.89. The monoisotopic (exact) mass is 263 g/mol. The molecule has 19 heavy (non-hydrogen) atoms. The standard InChI is InChI=1S/C14H18FN3O/c1-9-11-7-16-6-10(11)8-18(9)14(19)17-13-5-3-2-4-12(13)15/h2-5,9-11,16H,6-8H2,1H3,(H,17,19). The topological polar surface area (TPSA) is 44.4 Å². The highest BCUT2D eigenvalue weighted by Crippen LogP contribution is 2.32. The molecule has 2 heterocycles. The van der Waals surface area contributed by atoms with Crippen molar-refractivity contribution in [1.82, 2.24) is 10.2 Å². The summed E-state index contributed by atoms with van der Waals surface area (Å²) in [5.74, 6) is 0.650. The predicted molar refractivity (Wildman–Crippen MR) is 71.4 cm³/mol. The number of urea groups is 1. The van der Waals surface area contributed by atoms with Crippen molar-refractivity contribution in [1.29, 1.82) is 0 Å². The van der Waals surface area contributed by atoms with E-state index in [0.29, 0.717) is 11.8 Å². The lowest BCUT2D eigenvalue weighted by atomic mass is 9.95. The zero-order valence-electron chi connectivity index (χ0n) is 10.9. The van der Waals surface area contributed by atoms with Crippen molar-refractivity contribution in [3.63, 3.8) is 0 Å². The second-order valence-corrected chi connectivity index (χ2v) is 5.39. The molecule has 2 fully saturated rings. The van der Waals surface area contributed by atoms with Gasteiger partial charge in [-0.25, -0.2) is 9.18 Å². The Bertz CT molecular complexity index is 493. The number of carbonyl (C=O) groups is 1. The number of likely N-dealkylation sites (tertiary alicyclic amines) is 1. The molecule has 2 aliphatic rings. The molecule has 0 saturated carbocycles. The summed E-state index contributed by atoms with van der Waals surface area (Å²) in [6, 6.07) is 6.25. The summed E-state index contributed by atoms with van der Waals surface area (Å²) >= 11 is 0. The van der Waals surface area contributed by atoms with E-state index < -0.39 is 5.82 Å². The number of nitrogens with zero attached hydrogens (tertiary/aromatic N) is 1. The van der Waals surface area contributed by atoms with Crippen LogP contribution in [0.1, 0.15) is 6.92 Å². The highest BCUT2D eigenvalue weighted by atomic mass is 19.1. The van der Waals surface area contributed by atoms with Crippen molar-refractivity contribution in [2.24, 2.45) is 11.8 Å². The Morgan fingerprint density at radius 2 is 2.21 bits per heavy atom. The molecular weight excluding hydrogens is 245 g/mol. The van der Waals surface area contributed by atoms with Gasteiger partial charge < -0.3 is 15.5 Å². The predicted octanol–water partition coefficient (Wildman–Crippen LogP) is 1.90. The van der Waals surface area contributed by atoms with Gasteiger partial charge in [-0.15, -0.1) is 0 Å². The molecule has 2 amide bonds. The van der Waals surface area contributed by atoms with Crippen LogP contribution in [-0.4, -0.2) is 36.6 Å². The summed E-state index contributed by atoms with van der Waals surface area (Å²) in [6.45, 7) is 4.76. The van der Waals surface area contributed by atoms with E-state index in [1.54, 1.807) is 18.2 Å². The van der Waals surface area contributed by atoms with E-state index in [1.165, 1.54) is 6.07 Å². The summed E-state index contributed by atoms with van der Waals surface area (Å²) in [6.07, 6.45) is 0. The van der Waals surface area contributed by atoms with Gasteiger partial charge >= 0.3 is 6.03 Å². The number of carbonyl (C=O) groups excluding carboxylic acids is 1. The van der Waals surface area contributed by atoms with Crippen LogP contribution >= 0.6 is 0 Å². The smallest absolute Gasteiger partial charge is 0.321 e. The number of para-hydroxylation sites is 1. The minimum Gasteiger partial charge on any atom is -0.321 e. The number of hydrogen-bond donors (Lipinski definition) is 2. The average molecular weight is 263 g/mol. The molecule has 2 saturated heterocycles. The largest absolute Gasteiger partial charge is 0.322 e. The van der Waals surface area contributed by atoms with Crippen molar-refractivity contribution >= 4 is 11.7 Å². The average Bonchev–Trinajstić information content (AvgIpc) is 2.96. The molecule has 0 radical (unpaired) electrons. The van der Waals surface area contributed by atoms with Gasteiger partial charge in [0, 0.05) is 25.7 Å². The first kappa shape index (κ1) is 12.4. The number of benzene rings is 1. The third-order valence-electron chi connectivity index (χ3n) is 4.31. The molecule has 4 nitrogen and oxygen atoms in total. The van der Waals surface area contributed by atoms with E-state index >= 15 is 0 Å². The van der Waals surface area contributed by atoms with E-state index in [0.717, 1.165) is 19.6 Å². The SMILES string of the molecule is CC1C2CNCC2CN1C(=O)Nc1ccccc1F. The Balaban J connectivity index is 1.70. The first-order valence-corrected chi connectivity index (χ1v) is 6.69. The van der Waals surface area contributed by atoms with Gasteiger partial charge in [0.05, 0.1) is 5.69 Å². The van der Waals surface area contributed by atoms with Crippen LogP contribution in [0.3, 0.4) is 0 Å². The Morgan fingerprint density at radius 1 is 1.42 bits per heavy atom. The molecule has 0 bridgehead atoms. The lowest BCUT2D eigenvalue weighted by Crippen LogP contribution is -2.40. The Hall–Kier alpha value is -1.62. The number of anilines is 1. The summed E-state index contributed by atoms with van der Waals surface area (Å²) in [5, 5.41) is 6.02. The summed E-state index contributed by atoms with van der Waals surface area (Å²) in [7, 11) is 0. The maximum absolute atomic E-state index is 13.5. The number of hydrogen-bond acceptors (Lipinski definition) is 2. The van der Waals surface area contributed by atoms with Crippen molar-refractivity contribution < 1.29 is 9.18 Å². The minimum absolute atomic E-state index is 0.201. The Labute approximate surface area is 112 Å². The molecule has 3 atom stereocenters. The lowest BCUT2D eigenvalue weighted by molar-refractivity contribution is 0.203. The molecule has 0 aliphatic carbocycles. The summed E-state index contributed by atoms with van der Waals surface area (Å²) in [4.78, 5) is 14.1. The van der Waals surface area contributed by atoms with Crippen LogP contribution in [0, 0.1) is 17.7 Å². The van der Waals surface area contributed by atoms with Crippen molar-refractivity contribution in [3.8, 4) is 0 Å². The quantitative estimate of drug-likeness (QED) is 0.812. The van der Waals surface area contributed by atoms with Crippen LogP contribution < -0.4 is 10.6 Å². The van der Waals surface area contributed by atoms with E-state index in [1.807, 2.05) is 4.90 Å². The molecule has 3 unspecified atom stereocenters. The molecule has 1 aromatic rings. The fourth-order valence-corrected chi connectivity index (χ4v) is 3.19.